The number of nitrogens with zero attached hydrogens (tertiary/aromatic N) is 2. The van der Waals surface area contributed by atoms with Crippen LogP contribution in [-0.4, -0.2) is 9.78 Å². The predicted molar refractivity (Wildman–Crippen MR) is 70.9 cm³/mol. The monoisotopic (exact) mass is 229 g/mol. The fraction of sp³-hybridized carbons (Fsp3) is 0.357. The molecule has 1 aromatic heterocycles. The molecule has 1 aromatic carbocycles. The van der Waals surface area contributed by atoms with Crippen LogP contribution in [0.1, 0.15) is 30.6 Å². The van der Waals surface area contributed by atoms with E-state index < -0.39 is 0 Å². The first-order chi connectivity index (χ1) is 8.20. The highest BCUT2D eigenvalue weighted by atomic mass is 15.3. The van der Waals surface area contributed by atoms with Gasteiger partial charge in [-0.25, -0.2) is 4.68 Å². The average molecular weight is 229 g/mol. The normalized spacial score (nSPS) is 12.6. The maximum atomic E-state index is 5.97. The van der Waals surface area contributed by atoms with Gasteiger partial charge in [0.2, 0.25) is 0 Å². The first-order valence-corrected chi connectivity index (χ1v) is 6.06. The number of nitrogens with two attached hydrogens (primary N) is 1. The third kappa shape index (κ3) is 2.67. The van der Waals surface area contributed by atoms with Gasteiger partial charge in [-0.15, -0.1) is 0 Å². The number of hydrogen-bond donors (Lipinski definition) is 1. The Morgan fingerprint density at radius 2 is 2.00 bits per heavy atom. The van der Waals surface area contributed by atoms with Crippen LogP contribution in [0.2, 0.25) is 0 Å². The molecule has 2 rings (SSSR count). The SMILES string of the molecule is CCC(Cc1ccccc1)n1nc(C)cc1N. The van der Waals surface area contributed by atoms with Gasteiger partial charge >= 0.3 is 0 Å². The molecular weight excluding hydrogens is 210 g/mol. The molecule has 1 heterocycles. The number of hydrogen-bond acceptors (Lipinski definition) is 2. The molecule has 2 aromatic rings. The third-order valence-electron chi connectivity index (χ3n) is 3.02. The molecule has 1 atom stereocenters. The van der Waals surface area contributed by atoms with E-state index in [0.717, 1.165) is 24.4 Å². The Labute approximate surface area is 102 Å². The molecule has 0 bridgehead atoms. The molecule has 0 saturated carbocycles. The van der Waals surface area contributed by atoms with E-state index in [1.807, 2.05) is 23.7 Å². The summed E-state index contributed by atoms with van der Waals surface area (Å²) in [4.78, 5) is 0. The van der Waals surface area contributed by atoms with E-state index in [9.17, 15) is 0 Å². The maximum absolute atomic E-state index is 5.97. The molecule has 17 heavy (non-hydrogen) atoms. The number of aryl methyl sites for hydroxylation is 1. The Morgan fingerprint density at radius 3 is 2.53 bits per heavy atom. The molecule has 3 nitrogen and oxygen atoms in total. The second-order valence-corrected chi connectivity index (χ2v) is 4.41. The quantitative estimate of drug-likeness (QED) is 0.876. The molecule has 0 aliphatic heterocycles. The van der Waals surface area contributed by atoms with Gasteiger partial charge in [0.25, 0.3) is 0 Å². The molecule has 2 N–H and O–H groups in total. The molecule has 0 fully saturated rings. The van der Waals surface area contributed by atoms with Crippen LogP contribution in [0, 0.1) is 6.92 Å². The van der Waals surface area contributed by atoms with Crippen molar-refractivity contribution in [3.05, 3.63) is 47.7 Å². The first kappa shape index (κ1) is 11.7. The van der Waals surface area contributed by atoms with Crippen LogP contribution in [0.25, 0.3) is 0 Å². The van der Waals surface area contributed by atoms with Crippen LogP contribution in [0.4, 0.5) is 5.82 Å². The fourth-order valence-electron chi connectivity index (χ4n) is 2.12. The zero-order chi connectivity index (χ0) is 12.3. The van der Waals surface area contributed by atoms with Gasteiger partial charge in [-0.1, -0.05) is 37.3 Å². The Bertz CT molecular complexity index is 473. The lowest BCUT2D eigenvalue weighted by Gasteiger charge is -2.17. The van der Waals surface area contributed by atoms with Gasteiger partial charge in [-0.2, -0.15) is 5.10 Å². The molecule has 0 aliphatic rings. The zero-order valence-electron chi connectivity index (χ0n) is 10.4. The zero-order valence-corrected chi connectivity index (χ0v) is 10.4. The smallest absolute Gasteiger partial charge is 0.122 e. The summed E-state index contributed by atoms with van der Waals surface area (Å²) >= 11 is 0. The van der Waals surface area contributed by atoms with Crippen LogP contribution in [0.15, 0.2) is 36.4 Å². The van der Waals surface area contributed by atoms with Gasteiger partial charge in [0, 0.05) is 6.07 Å². The van der Waals surface area contributed by atoms with E-state index in [0.29, 0.717) is 6.04 Å². The highest BCUT2D eigenvalue weighted by Crippen LogP contribution is 2.21. The average Bonchev–Trinajstić information content (AvgIpc) is 2.67. The minimum absolute atomic E-state index is 0.339. The molecule has 1 unspecified atom stereocenters. The van der Waals surface area contributed by atoms with Gasteiger partial charge in [-0.3, -0.25) is 0 Å². The standard InChI is InChI=1S/C14H19N3/c1-3-13(10-12-7-5-4-6-8-12)17-14(15)9-11(2)16-17/h4-9,13H,3,10,15H2,1-2H3. The van der Waals surface area contributed by atoms with Crippen LogP contribution < -0.4 is 5.73 Å². The Hall–Kier alpha value is -1.77. The maximum Gasteiger partial charge on any atom is 0.122 e. The Morgan fingerprint density at radius 1 is 1.29 bits per heavy atom. The molecular formula is C14H19N3. The van der Waals surface area contributed by atoms with Crippen molar-refractivity contribution in [2.45, 2.75) is 32.7 Å². The van der Waals surface area contributed by atoms with E-state index in [2.05, 4.69) is 36.3 Å². The summed E-state index contributed by atoms with van der Waals surface area (Å²) in [5, 5.41) is 4.47. The summed E-state index contributed by atoms with van der Waals surface area (Å²) in [6.45, 7) is 4.14. The lowest BCUT2D eigenvalue weighted by atomic mass is 10.0. The minimum atomic E-state index is 0.339. The number of rotatable bonds is 4. The molecule has 0 saturated heterocycles. The van der Waals surface area contributed by atoms with Crippen LogP contribution in [0.5, 0.6) is 0 Å². The van der Waals surface area contributed by atoms with Crippen molar-refractivity contribution in [3.63, 3.8) is 0 Å². The lowest BCUT2D eigenvalue weighted by molar-refractivity contribution is 0.442. The Kier molecular flexibility index (Phi) is 3.47. The summed E-state index contributed by atoms with van der Waals surface area (Å²) in [5.74, 6) is 0.755. The fourth-order valence-corrected chi connectivity index (χ4v) is 2.12. The summed E-state index contributed by atoms with van der Waals surface area (Å²) < 4.78 is 1.95. The van der Waals surface area contributed by atoms with Crippen LogP contribution >= 0.6 is 0 Å². The van der Waals surface area contributed by atoms with Crippen molar-refractivity contribution in [3.8, 4) is 0 Å². The largest absolute Gasteiger partial charge is 0.384 e. The van der Waals surface area contributed by atoms with E-state index in [4.69, 9.17) is 5.73 Å². The number of aromatic nitrogens is 2. The molecule has 3 heteroatoms. The summed E-state index contributed by atoms with van der Waals surface area (Å²) in [7, 11) is 0. The second kappa shape index (κ2) is 5.04. The van der Waals surface area contributed by atoms with Gasteiger partial charge in [0.1, 0.15) is 5.82 Å². The summed E-state index contributed by atoms with van der Waals surface area (Å²) in [6, 6.07) is 12.7. The number of benzene rings is 1. The van der Waals surface area contributed by atoms with Crippen LogP contribution in [-0.2, 0) is 6.42 Å². The third-order valence-corrected chi connectivity index (χ3v) is 3.02. The summed E-state index contributed by atoms with van der Waals surface area (Å²) in [5.41, 5.74) is 8.28. The van der Waals surface area contributed by atoms with E-state index >= 15 is 0 Å². The molecule has 0 aliphatic carbocycles. The van der Waals surface area contributed by atoms with E-state index in [-0.39, 0.29) is 0 Å². The van der Waals surface area contributed by atoms with Gasteiger partial charge in [0.15, 0.2) is 0 Å². The molecule has 0 spiro atoms. The van der Waals surface area contributed by atoms with Crippen molar-refractivity contribution >= 4 is 5.82 Å². The lowest BCUT2D eigenvalue weighted by Crippen LogP contribution is -2.15. The highest BCUT2D eigenvalue weighted by Gasteiger charge is 2.13. The molecule has 90 valence electrons. The van der Waals surface area contributed by atoms with Crippen molar-refractivity contribution < 1.29 is 0 Å². The van der Waals surface area contributed by atoms with E-state index in [1.165, 1.54) is 5.56 Å². The van der Waals surface area contributed by atoms with E-state index in [1.54, 1.807) is 0 Å². The van der Waals surface area contributed by atoms with Gasteiger partial charge < -0.3 is 5.73 Å². The van der Waals surface area contributed by atoms with Crippen molar-refractivity contribution in [1.82, 2.24) is 9.78 Å². The van der Waals surface area contributed by atoms with Gasteiger partial charge in [-0.05, 0) is 25.3 Å². The van der Waals surface area contributed by atoms with Gasteiger partial charge in [0.05, 0.1) is 11.7 Å². The van der Waals surface area contributed by atoms with Crippen molar-refractivity contribution in [1.29, 1.82) is 0 Å². The Balaban J connectivity index is 2.20. The minimum Gasteiger partial charge on any atom is -0.384 e. The topological polar surface area (TPSA) is 43.8 Å². The highest BCUT2D eigenvalue weighted by molar-refractivity contribution is 5.31. The number of nitrogen functional groups attached to an aromatic ring is 1. The first-order valence-electron chi connectivity index (χ1n) is 6.06. The van der Waals surface area contributed by atoms with Crippen LogP contribution in [0.3, 0.4) is 0 Å². The second-order valence-electron chi connectivity index (χ2n) is 4.41. The molecule has 0 radical (unpaired) electrons. The summed E-state index contributed by atoms with van der Waals surface area (Å²) in [6.07, 6.45) is 2.00. The molecule has 0 amide bonds. The number of anilines is 1. The van der Waals surface area contributed by atoms with Crippen molar-refractivity contribution in [2.75, 3.05) is 5.73 Å². The predicted octanol–water partition coefficient (Wildman–Crippen LogP) is 2.97. The van der Waals surface area contributed by atoms with Crippen molar-refractivity contribution in [2.24, 2.45) is 0 Å².